The zero-order valence-electron chi connectivity index (χ0n) is 10.8. The van der Waals surface area contributed by atoms with Crippen LogP contribution in [0, 0.1) is 6.92 Å². The molecule has 0 aliphatic rings. The van der Waals surface area contributed by atoms with E-state index in [0.29, 0.717) is 5.69 Å². The van der Waals surface area contributed by atoms with Crippen LogP contribution in [0.3, 0.4) is 0 Å². The summed E-state index contributed by atoms with van der Waals surface area (Å²) < 4.78 is 0. The zero-order valence-corrected chi connectivity index (χ0v) is 10.8. The third-order valence-electron chi connectivity index (χ3n) is 2.26. The molecule has 0 radical (unpaired) electrons. The average molecular weight is 236 g/mol. The molecule has 1 aromatic rings. The van der Waals surface area contributed by atoms with Crippen LogP contribution in [0.2, 0.25) is 0 Å². The Bertz CT molecular complexity index is 408. The number of amides is 1. The molecule has 0 aliphatic carbocycles. The molecule has 0 saturated carbocycles. The van der Waals surface area contributed by atoms with E-state index in [4.69, 9.17) is 0 Å². The number of aromatic hydroxyl groups is 1. The topological polar surface area (TPSA) is 61.4 Å². The lowest BCUT2D eigenvalue weighted by Gasteiger charge is -2.20. The van der Waals surface area contributed by atoms with Crippen molar-refractivity contribution in [1.29, 1.82) is 0 Å². The predicted molar refractivity (Wildman–Crippen MR) is 69.2 cm³/mol. The van der Waals surface area contributed by atoms with Gasteiger partial charge in [0.2, 0.25) is 5.91 Å². The predicted octanol–water partition coefficient (Wildman–Crippen LogP) is 2.03. The minimum absolute atomic E-state index is 0.0811. The molecule has 0 saturated heterocycles. The minimum atomic E-state index is -0.0926. The fraction of sp³-hybridized carbons (Fsp3) is 0.462. The van der Waals surface area contributed by atoms with Gasteiger partial charge in [-0.2, -0.15) is 0 Å². The lowest BCUT2D eigenvalue weighted by molar-refractivity contribution is -0.115. The number of aryl methyl sites for hydroxylation is 1. The van der Waals surface area contributed by atoms with E-state index in [2.05, 4.69) is 10.6 Å². The summed E-state index contributed by atoms with van der Waals surface area (Å²) in [5.74, 6) is 0.140. The van der Waals surface area contributed by atoms with Crippen molar-refractivity contribution in [2.75, 3.05) is 11.9 Å². The summed E-state index contributed by atoms with van der Waals surface area (Å²) in [6.07, 6.45) is 0. The molecule has 1 aromatic carbocycles. The largest absolute Gasteiger partial charge is 0.508 e. The number of carbonyl (C=O) groups excluding carboxylic acids is 1. The summed E-state index contributed by atoms with van der Waals surface area (Å²) in [7, 11) is 0. The Morgan fingerprint density at radius 3 is 2.53 bits per heavy atom. The van der Waals surface area contributed by atoms with Gasteiger partial charge in [-0.05, 0) is 51.5 Å². The van der Waals surface area contributed by atoms with E-state index < -0.39 is 0 Å². The summed E-state index contributed by atoms with van der Waals surface area (Å²) in [6, 6.07) is 4.99. The lowest BCUT2D eigenvalue weighted by atomic mass is 10.1. The molecule has 3 N–H and O–H groups in total. The van der Waals surface area contributed by atoms with Gasteiger partial charge in [0.1, 0.15) is 5.75 Å². The maximum absolute atomic E-state index is 11.6. The quantitative estimate of drug-likeness (QED) is 0.704. The van der Waals surface area contributed by atoms with Crippen molar-refractivity contribution in [3.8, 4) is 5.75 Å². The van der Waals surface area contributed by atoms with E-state index in [1.54, 1.807) is 25.1 Å². The van der Waals surface area contributed by atoms with Gasteiger partial charge in [0, 0.05) is 11.2 Å². The van der Waals surface area contributed by atoms with Crippen molar-refractivity contribution >= 4 is 11.6 Å². The van der Waals surface area contributed by atoms with Gasteiger partial charge >= 0.3 is 0 Å². The Morgan fingerprint density at radius 1 is 1.35 bits per heavy atom. The van der Waals surface area contributed by atoms with Crippen LogP contribution in [-0.2, 0) is 4.79 Å². The Morgan fingerprint density at radius 2 is 2.00 bits per heavy atom. The van der Waals surface area contributed by atoms with E-state index >= 15 is 0 Å². The van der Waals surface area contributed by atoms with E-state index in [1.807, 2.05) is 20.8 Å². The molecule has 0 spiro atoms. The monoisotopic (exact) mass is 236 g/mol. The molecule has 0 atom stereocenters. The van der Waals surface area contributed by atoms with E-state index in [-0.39, 0.29) is 23.7 Å². The Labute approximate surface area is 102 Å². The Balaban J connectivity index is 2.54. The van der Waals surface area contributed by atoms with Gasteiger partial charge in [-0.15, -0.1) is 0 Å². The number of carbonyl (C=O) groups is 1. The number of rotatable bonds is 3. The van der Waals surface area contributed by atoms with E-state index in [9.17, 15) is 9.90 Å². The normalized spacial score (nSPS) is 11.3. The molecule has 0 unspecified atom stereocenters. The second kappa shape index (κ2) is 5.19. The molecule has 0 bridgehead atoms. The first-order chi connectivity index (χ1) is 7.78. The van der Waals surface area contributed by atoms with Crippen LogP contribution in [0.15, 0.2) is 18.2 Å². The molecule has 17 heavy (non-hydrogen) atoms. The van der Waals surface area contributed by atoms with Crippen LogP contribution < -0.4 is 10.6 Å². The number of hydrogen-bond acceptors (Lipinski definition) is 3. The number of hydrogen-bond donors (Lipinski definition) is 3. The second-order valence-electron chi connectivity index (χ2n) is 5.15. The van der Waals surface area contributed by atoms with Crippen molar-refractivity contribution in [3.63, 3.8) is 0 Å². The minimum Gasteiger partial charge on any atom is -0.508 e. The van der Waals surface area contributed by atoms with Gasteiger partial charge < -0.3 is 15.7 Å². The molecule has 0 aliphatic heterocycles. The third-order valence-corrected chi connectivity index (χ3v) is 2.26. The molecule has 1 amide bonds. The number of phenols is 1. The van der Waals surface area contributed by atoms with Crippen molar-refractivity contribution in [2.24, 2.45) is 0 Å². The lowest BCUT2D eigenvalue weighted by Crippen LogP contribution is -2.41. The first-order valence-corrected chi connectivity index (χ1v) is 5.62. The first-order valence-electron chi connectivity index (χ1n) is 5.62. The molecule has 0 fully saturated rings. The van der Waals surface area contributed by atoms with Crippen molar-refractivity contribution in [3.05, 3.63) is 23.8 Å². The molecule has 1 rings (SSSR count). The summed E-state index contributed by atoms with van der Waals surface area (Å²) in [4.78, 5) is 11.6. The molecule has 94 valence electrons. The Kier molecular flexibility index (Phi) is 4.12. The maximum Gasteiger partial charge on any atom is 0.238 e. The van der Waals surface area contributed by atoms with Crippen molar-refractivity contribution in [2.45, 2.75) is 33.2 Å². The smallest absolute Gasteiger partial charge is 0.238 e. The molecule has 0 heterocycles. The highest BCUT2D eigenvalue weighted by molar-refractivity contribution is 5.92. The summed E-state index contributed by atoms with van der Waals surface area (Å²) in [5, 5.41) is 15.2. The molecule has 0 aromatic heterocycles. The molecule has 4 heteroatoms. The van der Waals surface area contributed by atoms with Gasteiger partial charge in [-0.3, -0.25) is 4.79 Å². The zero-order chi connectivity index (χ0) is 13.1. The van der Waals surface area contributed by atoms with Crippen molar-refractivity contribution < 1.29 is 9.90 Å². The van der Waals surface area contributed by atoms with Crippen LogP contribution in [0.1, 0.15) is 26.3 Å². The third kappa shape index (κ3) is 4.87. The van der Waals surface area contributed by atoms with Crippen LogP contribution in [-0.4, -0.2) is 23.1 Å². The first kappa shape index (κ1) is 13.5. The highest BCUT2D eigenvalue weighted by Gasteiger charge is 2.11. The van der Waals surface area contributed by atoms with E-state index in [1.165, 1.54) is 0 Å². The highest BCUT2D eigenvalue weighted by atomic mass is 16.3. The number of nitrogens with one attached hydrogen (secondary N) is 2. The molecular weight excluding hydrogens is 216 g/mol. The van der Waals surface area contributed by atoms with Gasteiger partial charge in [-0.1, -0.05) is 0 Å². The SMILES string of the molecule is Cc1cc(NC(=O)CNC(C)(C)C)ccc1O. The number of benzene rings is 1. The van der Waals surface area contributed by atoms with Crippen LogP contribution in [0.5, 0.6) is 5.75 Å². The molecular formula is C13H20N2O2. The number of anilines is 1. The highest BCUT2D eigenvalue weighted by Crippen LogP contribution is 2.19. The average Bonchev–Trinajstić information content (AvgIpc) is 2.20. The van der Waals surface area contributed by atoms with Gasteiger partial charge in [-0.25, -0.2) is 0 Å². The summed E-state index contributed by atoms with van der Waals surface area (Å²) in [5.41, 5.74) is 1.36. The molecule has 4 nitrogen and oxygen atoms in total. The summed E-state index contributed by atoms with van der Waals surface area (Å²) in [6.45, 7) is 8.07. The van der Waals surface area contributed by atoms with Gasteiger partial charge in [0.05, 0.1) is 6.54 Å². The number of phenolic OH excluding ortho intramolecular Hbond substituents is 1. The standard InChI is InChI=1S/C13H20N2O2/c1-9-7-10(5-6-11(9)16)15-12(17)8-14-13(2,3)4/h5-7,14,16H,8H2,1-4H3,(H,15,17). The maximum atomic E-state index is 11.6. The van der Waals surface area contributed by atoms with Gasteiger partial charge in [0.15, 0.2) is 0 Å². The fourth-order valence-electron chi connectivity index (χ4n) is 1.28. The van der Waals surface area contributed by atoms with Crippen LogP contribution >= 0.6 is 0 Å². The van der Waals surface area contributed by atoms with Gasteiger partial charge in [0.25, 0.3) is 0 Å². The van der Waals surface area contributed by atoms with Crippen LogP contribution in [0.25, 0.3) is 0 Å². The van der Waals surface area contributed by atoms with Crippen molar-refractivity contribution in [1.82, 2.24) is 5.32 Å². The fourth-order valence-corrected chi connectivity index (χ4v) is 1.28. The second-order valence-corrected chi connectivity index (χ2v) is 5.15. The Hall–Kier alpha value is -1.55. The van der Waals surface area contributed by atoms with Crippen LogP contribution in [0.4, 0.5) is 5.69 Å². The van der Waals surface area contributed by atoms with E-state index in [0.717, 1.165) is 5.56 Å². The summed E-state index contributed by atoms with van der Waals surface area (Å²) >= 11 is 0.